The molecule has 0 aliphatic carbocycles. The molecular weight excluding hydrogens is 346 g/mol. The molecule has 0 amide bonds. The van der Waals surface area contributed by atoms with Gasteiger partial charge in [0.15, 0.2) is 5.82 Å². The van der Waals surface area contributed by atoms with Gasteiger partial charge in [0.25, 0.3) is 0 Å². The highest BCUT2D eigenvalue weighted by Crippen LogP contribution is 2.23. The molecule has 0 N–H and O–H groups in total. The summed E-state index contributed by atoms with van der Waals surface area (Å²) in [5.41, 5.74) is 2.26. The van der Waals surface area contributed by atoms with Crippen molar-refractivity contribution in [2.45, 2.75) is 0 Å². The third-order valence-corrected chi connectivity index (χ3v) is 3.66. The number of hydrogen-bond donors (Lipinski definition) is 0. The van der Waals surface area contributed by atoms with Gasteiger partial charge >= 0.3 is 5.97 Å². The molecule has 0 fully saturated rings. The summed E-state index contributed by atoms with van der Waals surface area (Å²) in [5.74, 6) is 0.365. The quantitative estimate of drug-likeness (QED) is 0.673. The van der Waals surface area contributed by atoms with E-state index < -0.39 is 0 Å². The standard InChI is InChI=1S/C16H12BrN3O2/c1-22-16(21)11-5-7-14(8-6-11)20-15(18-10-19-20)12-3-2-4-13(17)9-12/h2-10H,1H3. The second kappa shape index (κ2) is 6.11. The predicted octanol–water partition coefficient (Wildman–Crippen LogP) is 3.48. The van der Waals surface area contributed by atoms with Gasteiger partial charge in [-0.15, -0.1) is 0 Å². The topological polar surface area (TPSA) is 57.0 Å². The van der Waals surface area contributed by atoms with Crippen molar-refractivity contribution in [1.82, 2.24) is 14.8 Å². The maximum absolute atomic E-state index is 11.5. The first-order chi connectivity index (χ1) is 10.7. The Morgan fingerprint density at radius 3 is 2.64 bits per heavy atom. The predicted molar refractivity (Wildman–Crippen MR) is 85.8 cm³/mol. The van der Waals surface area contributed by atoms with Crippen LogP contribution >= 0.6 is 15.9 Å². The molecule has 6 heteroatoms. The number of carbonyl (C=O) groups is 1. The minimum absolute atomic E-state index is 0.364. The Morgan fingerprint density at radius 1 is 1.18 bits per heavy atom. The molecule has 0 saturated heterocycles. The number of carbonyl (C=O) groups excluding carboxylic acids is 1. The zero-order valence-corrected chi connectivity index (χ0v) is 13.3. The van der Waals surface area contributed by atoms with Gasteiger partial charge in [0.1, 0.15) is 6.33 Å². The number of hydrogen-bond acceptors (Lipinski definition) is 4. The number of aromatic nitrogens is 3. The largest absolute Gasteiger partial charge is 0.465 e. The van der Waals surface area contributed by atoms with Crippen LogP contribution in [0.5, 0.6) is 0 Å². The molecule has 110 valence electrons. The van der Waals surface area contributed by atoms with E-state index in [0.29, 0.717) is 5.56 Å². The minimum atomic E-state index is -0.364. The van der Waals surface area contributed by atoms with E-state index in [0.717, 1.165) is 21.5 Å². The molecule has 0 spiro atoms. The van der Waals surface area contributed by atoms with Gasteiger partial charge in [-0.1, -0.05) is 28.1 Å². The lowest BCUT2D eigenvalue weighted by atomic mass is 10.2. The van der Waals surface area contributed by atoms with Gasteiger partial charge in [-0.25, -0.2) is 14.5 Å². The van der Waals surface area contributed by atoms with Crippen molar-refractivity contribution in [3.63, 3.8) is 0 Å². The first-order valence-corrected chi connectivity index (χ1v) is 7.33. The zero-order valence-electron chi connectivity index (χ0n) is 11.7. The Bertz CT molecular complexity index is 812. The second-order valence-corrected chi connectivity index (χ2v) is 5.46. The van der Waals surface area contributed by atoms with Crippen molar-refractivity contribution in [3.05, 3.63) is 64.9 Å². The fraction of sp³-hybridized carbons (Fsp3) is 0.0625. The average molecular weight is 358 g/mol. The molecular formula is C16H12BrN3O2. The van der Waals surface area contributed by atoms with Gasteiger partial charge in [-0.2, -0.15) is 5.10 Å². The van der Waals surface area contributed by atoms with Gasteiger partial charge < -0.3 is 4.74 Å². The number of methoxy groups -OCH3 is 1. The van der Waals surface area contributed by atoms with E-state index in [1.165, 1.54) is 13.4 Å². The Kier molecular flexibility index (Phi) is 4.02. The van der Waals surface area contributed by atoms with Crippen LogP contribution in [-0.2, 0) is 4.74 Å². The van der Waals surface area contributed by atoms with Crippen molar-refractivity contribution in [2.75, 3.05) is 7.11 Å². The van der Waals surface area contributed by atoms with Crippen LogP contribution in [0.1, 0.15) is 10.4 Å². The second-order valence-electron chi connectivity index (χ2n) is 4.54. The van der Waals surface area contributed by atoms with Gasteiger partial charge in [0.05, 0.1) is 18.4 Å². The van der Waals surface area contributed by atoms with E-state index in [1.54, 1.807) is 16.8 Å². The van der Waals surface area contributed by atoms with Crippen molar-refractivity contribution < 1.29 is 9.53 Å². The van der Waals surface area contributed by atoms with E-state index in [1.807, 2.05) is 36.4 Å². The average Bonchev–Trinajstić information content (AvgIpc) is 3.04. The molecule has 0 atom stereocenters. The van der Waals surface area contributed by atoms with Crippen LogP contribution in [0.25, 0.3) is 17.1 Å². The Hall–Kier alpha value is -2.47. The molecule has 0 saturated carbocycles. The first-order valence-electron chi connectivity index (χ1n) is 6.54. The van der Waals surface area contributed by atoms with Crippen LogP contribution < -0.4 is 0 Å². The molecule has 1 aromatic heterocycles. The summed E-state index contributed by atoms with van der Waals surface area (Å²) in [6.07, 6.45) is 1.50. The van der Waals surface area contributed by atoms with Crippen molar-refractivity contribution in [1.29, 1.82) is 0 Å². The summed E-state index contributed by atoms with van der Waals surface area (Å²) in [6.45, 7) is 0. The molecule has 0 radical (unpaired) electrons. The fourth-order valence-electron chi connectivity index (χ4n) is 2.11. The number of esters is 1. The maximum Gasteiger partial charge on any atom is 0.337 e. The van der Waals surface area contributed by atoms with Crippen molar-refractivity contribution in [2.24, 2.45) is 0 Å². The summed E-state index contributed by atoms with van der Waals surface area (Å²) in [6, 6.07) is 14.9. The fourth-order valence-corrected chi connectivity index (χ4v) is 2.51. The lowest BCUT2D eigenvalue weighted by Crippen LogP contribution is -2.03. The third kappa shape index (κ3) is 2.78. The van der Waals surface area contributed by atoms with Gasteiger partial charge in [-0.05, 0) is 36.4 Å². The van der Waals surface area contributed by atoms with Gasteiger partial charge in [0.2, 0.25) is 0 Å². The molecule has 1 heterocycles. The minimum Gasteiger partial charge on any atom is -0.465 e. The van der Waals surface area contributed by atoms with E-state index in [4.69, 9.17) is 4.74 Å². The third-order valence-electron chi connectivity index (χ3n) is 3.16. The summed E-state index contributed by atoms with van der Waals surface area (Å²) >= 11 is 3.45. The van der Waals surface area contributed by atoms with E-state index >= 15 is 0 Å². The van der Waals surface area contributed by atoms with Crippen LogP contribution in [0.3, 0.4) is 0 Å². The van der Waals surface area contributed by atoms with Gasteiger partial charge in [-0.3, -0.25) is 0 Å². The lowest BCUT2D eigenvalue weighted by Gasteiger charge is -2.07. The number of rotatable bonds is 3. The Labute approximate surface area is 135 Å². The van der Waals surface area contributed by atoms with Crippen LogP contribution in [0.15, 0.2) is 59.3 Å². The first kappa shape index (κ1) is 14.5. The lowest BCUT2D eigenvalue weighted by molar-refractivity contribution is 0.0601. The van der Waals surface area contributed by atoms with Crippen LogP contribution in [0.4, 0.5) is 0 Å². The molecule has 0 unspecified atom stereocenters. The molecule has 22 heavy (non-hydrogen) atoms. The van der Waals surface area contributed by atoms with Crippen LogP contribution in [0.2, 0.25) is 0 Å². The van der Waals surface area contributed by atoms with Crippen molar-refractivity contribution in [3.8, 4) is 17.1 Å². The summed E-state index contributed by atoms with van der Waals surface area (Å²) < 4.78 is 7.39. The Morgan fingerprint density at radius 2 is 1.95 bits per heavy atom. The molecule has 3 aromatic rings. The van der Waals surface area contributed by atoms with E-state index in [9.17, 15) is 4.79 Å². The normalized spacial score (nSPS) is 10.5. The van der Waals surface area contributed by atoms with Crippen LogP contribution in [-0.4, -0.2) is 27.8 Å². The number of benzene rings is 2. The van der Waals surface area contributed by atoms with Gasteiger partial charge in [0, 0.05) is 10.0 Å². The molecule has 0 bridgehead atoms. The highest BCUT2D eigenvalue weighted by Gasteiger charge is 2.11. The number of nitrogens with zero attached hydrogens (tertiary/aromatic N) is 3. The summed E-state index contributed by atoms with van der Waals surface area (Å²) in [4.78, 5) is 15.8. The zero-order chi connectivity index (χ0) is 15.5. The number of halogens is 1. The number of ether oxygens (including phenoxy) is 1. The monoisotopic (exact) mass is 357 g/mol. The summed E-state index contributed by atoms with van der Waals surface area (Å²) in [7, 11) is 1.36. The highest BCUT2D eigenvalue weighted by atomic mass is 79.9. The maximum atomic E-state index is 11.5. The molecule has 3 rings (SSSR count). The smallest absolute Gasteiger partial charge is 0.337 e. The molecule has 0 aliphatic rings. The molecule has 2 aromatic carbocycles. The Balaban J connectivity index is 2.00. The molecule has 5 nitrogen and oxygen atoms in total. The molecule has 0 aliphatic heterocycles. The van der Waals surface area contributed by atoms with Crippen LogP contribution in [0, 0.1) is 0 Å². The van der Waals surface area contributed by atoms with Crippen molar-refractivity contribution >= 4 is 21.9 Å². The van der Waals surface area contributed by atoms with E-state index in [2.05, 4.69) is 26.0 Å². The SMILES string of the molecule is COC(=O)c1ccc(-n2ncnc2-c2cccc(Br)c2)cc1. The highest BCUT2D eigenvalue weighted by molar-refractivity contribution is 9.10. The summed E-state index contributed by atoms with van der Waals surface area (Å²) in [5, 5.41) is 4.26. The van der Waals surface area contributed by atoms with E-state index in [-0.39, 0.29) is 5.97 Å².